The van der Waals surface area contributed by atoms with E-state index in [1.54, 1.807) is 18.2 Å². The smallest absolute Gasteiger partial charge is 0.291 e. The zero-order valence-corrected chi connectivity index (χ0v) is 16.9. The number of hydrogen-bond donors (Lipinski definition) is 2. The Morgan fingerprint density at radius 1 is 1.11 bits per heavy atom. The molecule has 0 aliphatic heterocycles. The average molecular weight is 443 g/mol. The summed E-state index contributed by atoms with van der Waals surface area (Å²) < 4.78 is 26.9. The molecule has 1 amide bonds. The summed E-state index contributed by atoms with van der Waals surface area (Å²) in [6.45, 7) is 1.86. The predicted molar refractivity (Wildman–Crippen MR) is 106 cm³/mol. The lowest BCUT2D eigenvalue weighted by molar-refractivity contribution is 0.102. The Kier molecular flexibility index (Phi) is 5.66. The zero-order valence-electron chi connectivity index (χ0n) is 13.7. The fourth-order valence-corrected chi connectivity index (χ4v) is 4.45. The molecule has 0 radical (unpaired) electrons. The first-order chi connectivity index (χ1) is 12.7. The quantitative estimate of drug-likeness (QED) is 0.576. The van der Waals surface area contributed by atoms with Crippen LogP contribution in [-0.4, -0.2) is 24.5 Å². The number of halogens is 2. The second kappa shape index (κ2) is 7.81. The monoisotopic (exact) mass is 442 g/mol. The van der Waals surface area contributed by atoms with Gasteiger partial charge < -0.3 is 0 Å². The summed E-state index contributed by atoms with van der Waals surface area (Å²) in [4.78, 5) is 12.2. The van der Waals surface area contributed by atoms with Gasteiger partial charge in [0.1, 0.15) is 0 Å². The van der Waals surface area contributed by atoms with Crippen LogP contribution in [0, 0.1) is 6.92 Å². The van der Waals surface area contributed by atoms with E-state index in [4.69, 9.17) is 23.2 Å². The fourth-order valence-electron chi connectivity index (χ4n) is 2.09. The molecule has 1 aromatic heterocycles. The highest BCUT2D eigenvalue weighted by Gasteiger charge is 2.22. The van der Waals surface area contributed by atoms with Crippen molar-refractivity contribution in [2.45, 2.75) is 11.3 Å². The van der Waals surface area contributed by atoms with Crippen molar-refractivity contribution in [2.24, 2.45) is 0 Å². The van der Waals surface area contributed by atoms with Crippen molar-refractivity contribution < 1.29 is 13.2 Å². The molecule has 0 unspecified atom stereocenters. The van der Waals surface area contributed by atoms with Gasteiger partial charge in [-0.2, -0.15) is 8.42 Å². The van der Waals surface area contributed by atoms with Gasteiger partial charge in [-0.05, 0) is 37.3 Å². The second-order valence-corrected chi connectivity index (χ2v) is 9.10. The number of carbonyl (C=O) groups excluding carboxylic acids is 1. The molecule has 140 valence electrons. The average Bonchev–Trinajstić information content (AvgIpc) is 3.07. The van der Waals surface area contributed by atoms with Gasteiger partial charge in [0.05, 0.1) is 10.7 Å². The molecule has 0 bridgehead atoms. The van der Waals surface area contributed by atoms with Gasteiger partial charge in [0.2, 0.25) is 5.13 Å². The van der Waals surface area contributed by atoms with Crippen LogP contribution in [0.25, 0.3) is 0 Å². The van der Waals surface area contributed by atoms with E-state index in [1.165, 1.54) is 18.2 Å². The van der Waals surface area contributed by atoms with Crippen LogP contribution in [-0.2, 0) is 10.0 Å². The maximum Gasteiger partial charge on any atom is 0.291 e. The third kappa shape index (κ3) is 4.75. The van der Waals surface area contributed by atoms with Crippen molar-refractivity contribution in [2.75, 3.05) is 10.0 Å². The molecule has 0 saturated carbocycles. The molecule has 2 aromatic carbocycles. The minimum atomic E-state index is -4.04. The summed E-state index contributed by atoms with van der Waals surface area (Å²) in [5.74, 6) is -0.412. The normalized spacial score (nSPS) is 11.2. The number of aryl methyl sites for hydroxylation is 1. The Morgan fingerprint density at radius 2 is 1.89 bits per heavy atom. The van der Waals surface area contributed by atoms with Crippen molar-refractivity contribution in [3.8, 4) is 0 Å². The maximum atomic E-state index is 12.5. The molecule has 1 heterocycles. The standard InChI is InChI=1S/C16H12Cl2N4O3S2/c1-9-3-2-4-10(7-9)14(23)19-15-20-21-16(26-15)27(24,25)22-13-8-11(17)5-6-12(13)18/h2-8,22H,1H3,(H,19,20,23). The van der Waals surface area contributed by atoms with Crippen LogP contribution in [0.3, 0.4) is 0 Å². The van der Waals surface area contributed by atoms with Crippen LogP contribution < -0.4 is 10.0 Å². The lowest BCUT2D eigenvalue weighted by Gasteiger charge is -2.07. The molecular formula is C16H12Cl2N4O3S2. The van der Waals surface area contributed by atoms with E-state index >= 15 is 0 Å². The Hall–Kier alpha value is -2.20. The van der Waals surface area contributed by atoms with E-state index in [0.717, 1.165) is 5.56 Å². The molecule has 2 N–H and O–H groups in total. The van der Waals surface area contributed by atoms with E-state index < -0.39 is 15.9 Å². The highest BCUT2D eigenvalue weighted by atomic mass is 35.5. The number of aromatic nitrogens is 2. The van der Waals surface area contributed by atoms with E-state index in [-0.39, 0.29) is 20.2 Å². The fraction of sp³-hybridized carbons (Fsp3) is 0.0625. The van der Waals surface area contributed by atoms with Crippen LogP contribution in [0.4, 0.5) is 10.8 Å². The number of nitrogens with one attached hydrogen (secondary N) is 2. The van der Waals surface area contributed by atoms with Crippen LogP contribution in [0.1, 0.15) is 15.9 Å². The number of rotatable bonds is 5. The summed E-state index contributed by atoms with van der Waals surface area (Å²) in [6.07, 6.45) is 0. The Morgan fingerprint density at radius 3 is 2.63 bits per heavy atom. The van der Waals surface area contributed by atoms with Gasteiger partial charge >= 0.3 is 0 Å². The van der Waals surface area contributed by atoms with Crippen molar-refractivity contribution in [1.29, 1.82) is 0 Å². The highest BCUT2D eigenvalue weighted by molar-refractivity contribution is 7.94. The summed E-state index contributed by atoms with van der Waals surface area (Å²) in [6, 6.07) is 11.3. The third-order valence-electron chi connectivity index (χ3n) is 3.31. The highest BCUT2D eigenvalue weighted by Crippen LogP contribution is 2.29. The van der Waals surface area contributed by atoms with Crippen LogP contribution in [0.5, 0.6) is 0 Å². The Bertz CT molecular complexity index is 1120. The lowest BCUT2D eigenvalue weighted by Crippen LogP contribution is -2.13. The first kappa shape index (κ1) is 19.6. The van der Waals surface area contributed by atoms with Gasteiger partial charge in [-0.1, -0.05) is 52.2 Å². The van der Waals surface area contributed by atoms with Gasteiger partial charge in [0.25, 0.3) is 20.3 Å². The Labute approximate surface area is 169 Å². The molecule has 0 aliphatic rings. The number of hydrogen-bond acceptors (Lipinski definition) is 6. The molecule has 27 heavy (non-hydrogen) atoms. The molecule has 7 nitrogen and oxygen atoms in total. The summed E-state index contributed by atoms with van der Waals surface area (Å²) in [5, 5.41) is 10.4. The largest absolute Gasteiger partial charge is 0.296 e. The van der Waals surface area contributed by atoms with Gasteiger partial charge in [-0.25, -0.2) is 0 Å². The number of carbonyl (C=O) groups is 1. The first-order valence-electron chi connectivity index (χ1n) is 7.44. The van der Waals surface area contributed by atoms with Gasteiger partial charge in [0, 0.05) is 10.6 Å². The van der Waals surface area contributed by atoms with Crippen LogP contribution >= 0.6 is 34.5 Å². The number of benzene rings is 2. The van der Waals surface area contributed by atoms with Gasteiger partial charge in [0.15, 0.2) is 0 Å². The minimum absolute atomic E-state index is 0.0547. The SMILES string of the molecule is Cc1cccc(C(=O)Nc2nnc(S(=O)(=O)Nc3cc(Cl)ccc3Cl)s2)c1. The van der Waals surface area contributed by atoms with Gasteiger partial charge in [-0.3, -0.25) is 14.8 Å². The number of anilines is 2. The summed E-state index contributed by atoms with van der Waals surface area (Å²) in [5.41, 5.74) is 1.47. The Balaban J connectivity index is 1.78. The summed E-state index contributed by atoms with van der Waals surface area (Å²) in [7, 11) is -4.04. The van der Waals surface area contributed by atoms with Crippen molar-refractivity contribution in [3.63, 3.8) is 0 Å². The topological polar surface area (TPSA) is 101 Å². The van der Waals surface area contributed by atoms with E-state index in [0.29, 0.717) is 21.9 Å². The molecule has 0 saturated heterocycles. The number of sulfonamides is 1. The minimum Gasteiger partial charge on any atom is -0.296 e. The number of nitrogens with zero attached hydrogens (tertiary/aromatic N) is 2. The summed E-state index contributed by atoms with van der Waals surface area (Å²) >= 11 is 12.5. The zero-order chi connectivity index (χ0) is 19.6. The van der Waals surface area contributed by atoms with E-state index in [9.17, 15) is 13.2 Å². The van der Waals surface area contributed by atoms with Crippen LogP contribution in [0.15, 0.2) is 46.8 Å². The molecule has 3 rings (SSSR count). The van der Waals surface area contributed by atoms with Crippen molar-refractivity contribution >= 4 is 61.3 Å². The van der Waals surface area contributed by atoms with Crippen LogP contribution in [0.2, 0.25) is 10.0 Å². The third-order valence-corrected chi connectivity index (χ3v) is 6.45. The van der Waals surface area contributed by atoms with E-state index in [1.807, 2.05) is 13.0 Å². The second-order valence-electron chi connectivity index (χ2n) is 5.43. The molecule has 0 aliphatic carbocycles. The first-order valence-corrected chi connectivity index (χ1v) is 10.5. The molecular weight excluding hydrogens is 431 g/mol. The van der Waals surface area contributed by atoms with Crippen molar-refractivity contribution in [3.05, 3.63) is 63.6 Å². The number of amides is 1. The molecule has 0 atom stereocenters. The maximum absolute atomic E-state index is 12.5. The van der Waals surface area contributed by atoms with Crippen molar-refractivity contribution in [1.82, 2.24) is 10.2 Å². The van der Waals surface area contributed by atoms with Gasteiger partial charge in [-0.15, -0.1) is 10.2 Å². The molecule has 11 heteroatoms. The predicted octanol–water partition coefficient (Wildman–Crippen LogP) is 4.21. The molecule has 0 fully saturated rings. The molecule has 0 spiro atoms. The van der Waals surface area contributed by atoms with E-state index in [2.05, 4.69) is 20.2 Å². The molecule has 3 aromatic rings. The lowest BCUT2D eigenvalue weighted by atomic mass is 10.1.